The van der Waals surface area contributed by atoms with Crippen LogP contribution in [0.2, 0.25) is 5.02 Å². The Morgan fingerprint density at radius 1 is 1.06 bits per heavy atom. The van der Waals surface area contributed by atoms with Gasteiger partial charge in [-0.1, -0.05) is 29.8 Å². The maximum absolute atomic E-state index is 13.1. The standard InChI is InChI=1S/C24H21ClN4O4S/c1-2-29(18-6-4-3-5-7-18)34(32,33)19-11-9-17(10-12-19)26-24(31)22-15-21(27-28-22)20-14-16(25)8-13-23(20)30/h3-15,30H,2H2,1H3,(H,26,31)(H,27,28). The number of phenolic OH excluding ortho intramolecular Hbond substituents is 1. The maximum Gasteiger partial charge on any atom is 0.273 e. The highest BCUT2D eigenvalue weighted by atomic mass is 35.5. The van der Waals surface area contributed by atoms with E-state index in [9.17, 15) is 18.3 Å². The first-order valence-electron chi connectivity index (χ1n) is 10.3. The fourth-order valence-corrected chi connectivity index (χ4v) is 5.06. The molecule has 0 bridgehead atoms. The summed E-state index contributed by atoms with van der Waals surface area (Å²) in [6, 6.07) is 20.8. The van der Waals surface area contributed by atoms with E-state index in [0.717, 1.165) is 0 Å². The monoisotopic (exact) mass is 496 g/mol. The molecule has 0 atom stereocenters. The minimum Gasteiger partial charge on any atom is -0.507 e. The summed E-state index contributed by atoms with van der Waals surface area (Å²) in [5, 5.41) is 19.8. The molecule has 1 aromatic heterocycles. The number of benzene rings is 3. The average Bonchev–Trinajstić information content (AvgIpc) is 3.32. The van der Waals surface area contributed by atoms with Crippen LogP contribution >= 0.6 is 11.6 Å². The molecule has 174 valence electrons. The van der Waals surface area contributed by atoms with Crippen LogP contribution in [0.15, 0.2) is 83.8 Å². The average molecular weight is 497 g/mol. The first kappa shape index (κ1) is 23.3. The lowest BCUT2D eigenvalue weighted by atomic mass is 10.1. The number of hydrogen-bond donors (Lipinski definition) is 3. The van der Waals surface area contributed by atoms with Gasteiger partial charge in [-0.25, -0.2) is 8.42 Å². The van der Waals surface area contributed by atoms with E-state index >= 15 is 0 Å². The molecule has 0 saturated heterocycles. The van der Waals surface area contributed by atoms with Crippen LogP contribution < -0.4 is 9.62 Å². The predicted octanol–water partition coefficient (Wildman–Crippen LogP) is 4.90. The van der Waals surface area contributed by atoms with Gasteiger partial charge in [0.1, 0.15) is 11.4 Å². The van der Waals surface area contributed by atoms with Crippen molar-refractivity contribution in [2.24, 2.45) is 0 Å². The van der Waals surface area contributed by atoms with Crippen molar-refractivity contribution in [1.82, 2.24) is 10.2 Å². The molecule has 0 fully saturated rings. The Morgan fingerprint density at radius 3 is 2.44 bits per heavy atom. The van der Waals surface area contributed by atoms with Crippen molar-refractivity contribution in [3.63, 3.8) is 0 Å². The van der Waals surface area contributed by atoms with Gasteiger partial charge in [0.05, 0.1) is 16.3 Å². The zero-order valence-electron chi connectivity index (χ0n) is 18.1. The number of amides is 1. The van der Waals surface area contributed by atoms with Gasteiger partial charge in [0.25, 0.3) is 15.9 Å². The summed E-state index contributed by atoms with van der Waals surface area (Å²) in [5.74, 6) is -0.494. The fourth-order valence-electron chi connectivity index (χ4n) is 3.41. The number of aromatic hydroxyl groups is 1. The molecule has 1 heterocycles. The number of anilines is 2. The van der Waals surface area contributed by atoms with E-state index in [0.29, 0.717) is 27.7 Å². The van der Waals surface area contributed by atoms with Crippen molar-refractivity contribution in [2.75, 3.05) is 16.2 Å². The number of nitrogens with one attached hydrogen (secondary N) is 2. The molecule has 34 heavy (non-hydrogen) atoms. The van der Waals surface area contributed by atoms with Crippen molar-refractivity contribution in [3.05, 3.63) is 89.6 Å². The number of nitrogens with zero attached hydrogens (tertiary/aromatic N) is 2. The number of carbonyl (C=O) groups excluding carboxylic acids is 1. The second kappa shape index (κ2) is 9.58. The molecule has 0 aliphatic rings. The summed E-state index contributed by atoms with van der Waals surface area (Å²) in [7, 11) is -3.77. The summed E-state index contributed by atoms with van der Waals surface area (Å²) in [6.07, 6.45) is 0. The van der Waals surface area contributed by atoms with Crippen molar-refractivity contribution in [2.45, 2.75) is 11.8 Å². The zero-order valence-corrected chi connectivity index (χ0v) is 19.6. The van der Waals surface area contributed by atoms with E-state index in [4.69, 9.17) is 11.6 Å². The van der Waals surface area contributed by atoms with Gasteiger partial charge in [0.15, 0.2) is 0 Å². The Hall–Kier alpha value is -3.82. The summed E-state index contributed by atoms with van der Waals surface area (Å²) < 4.78 is 27.5. The van der Waals surface area contributed by atoms with Gasteiger partial charge in [-0.3, -0.25) is 14.2 Å². The Balaban J connectivity index is 1.50. The van der Waals surface area contributed by atoms with E-state index in [1.807, 2.05) is 6.07 Å². The molecule has 0 saturated carbocycles. The topological polar surface area (TPSA) is 115 Å². The number of rotatable bonds is 7. The molecule has 1 amide bonds. The van der Waals surface area contributed by atoms with Crippen LogP contribution in [-0.4, -0.2) is 36.2 Å². The van der Waals surface area contributed by atoms with Crippen LogP contribution in [0.1, 0.15) is 17.4 Å². The van der Waals surface area contributed by atoms with Gasteiger partial charge in [-0.05, 0) is 67.6 Å². The van der Waals surface area contributed by atoms with Gasteiger partial charge in [-0.15, -0.1) is 0 Å². The lowest BCUT2D eigenvalue weighted by molar-refractivity contribution is 0.102. The number of aromatic amines is 1. The maximum atomic E-state index is 13.1. The SMILES string of the molecule is CCN(c1ccccc1)S(=O)(=O)c1ccc(NC(=O)c2cc(-c3cc(Cl)ccc3O)n[nH]2)cc1. The minimum absolute atomic E-state index is 0.0173. The molecule has 4 rings (SSSR count). The predicted molar refractivity (Wildman–Crippen MR) is 132 cm³/mol. The summed E-state index contributed by atoms with van der Waals surface area (Å²) in [5.41, 5.74) is 1.88. The van der Waals surface area contributed by atoms with Crippen molar-refractivity contribution >= 4 is 38.9 Å². The first-order chi connectivity index (χ1) is 16.3. The highest BCUT2D eigenvalue weighted by molar-refractivity contribution is 7.92. The second-order valence-corrected chi connectivity index (χ2v) is 9.61. The lowest BCUT2D eigenvalue weighted by Gasteiger charge is -2.23. The largest absolute Gasteiger partial charge is 0.507 e. The zero-order chi connectivity index (χ0) is 24.3. The number of phenols is 1. The smallest absolute Gasteiger partial charge is 0.273 e. The van der Waals surface area contributed by atoms with Gasteiger partial charge >= 0.3 is 0 Å². The molecule has 8 nitrogen and oxygen atoms in total. The molecule has 10 heteroatoms. The molecule has 3 aromatic carbocycles. The van der Waals surface area contributed by atoms with E-state index in [1.165, 1.54) is 40.7 Å². The highest BCUT2D eigenvalue weighted by Gasteiger charge is 2.23. The third-order valence-corrected chi connectivity index (χ3v) is 7.24. The number of sulfonamides is 1. The molecular formula is C24H21ClN4O4S. The van der Waals surface area contributed by atoms with Gasteiger partial charge < -0.3 is 10.4 Å². The van der Waals surface area contributed by atoms with Crippen LogP contribution in [0, 0.1) is 0 Å². The van der Waals surface area contributed by atoms with Crippen LogP contribution in [0.25, 0.3) is 11.3 Å². The quantitative estimate of drug-likeness (QED) is 0.336. The van der Waals surface area contributed by atoms with E-state index in [-0.39, 0.29) is 22.9 Å². The second-order valence-electron chi connectivity index (χ2n) is 7.31. The van der Waals surface area contributed by atoms with E-state index in [1.54, 1.807) is 43.3 Å². The molecule has 3 N–H and O–H groups in total. The third-order valence-electron chi connectivity index (χ3n) is 5.09. The Labute approximate surface area is 201 Å². The third kappa shape index (κ3) is 4.75. The van der Waals surface area contributed by atoms with Crippen LogP contribution in [0.4, 0.5) is 11.4 Å². The Morgan fingerprint density at radius 2 is 1.76 bits per heavy atom. The van der Waals surface area contributed by atoms with Crippen LogP contribution in [0.3, 0.4) is 0 Å². The molecule has 0 spiro atoms. The van der Waals surface area contributed by atoms with E-state index in [2.05, 4.69) is 15.5 Å². The number of aromatic nitrogens is 2. The molecule has 4 aromatic rings. The molecular weight excluding hydrogens is 476 g/mol. The van der Waals surface area contributed by atoms with Crippen molar-refractivity contribution in [3.8, 4) is 17.0 Å². The normalized spacial score (nSPS) is 11.2. The number of H-pyrrole nitrogens is 1. The molecule has 0 radical (unpaired) electrons. The molecule has 0 aliphatic heterocycles. The van der Waals surface area contributed by atoms with E-state index < -0.39 is 15.9 Å². The lowest BCUT2D eigenvalue weighted by Crippen LogP contribution is -2.30. The summed E-state index contributed by atoms with van der Waals surface area (Å²) in [4.78, 5) is 12.7. The summed E-state index contributed by atoms with van der Waals surface area (Å²) >= 11 is 5.98. The van der Waals surface area contributed by atoms with Crippen molar-refractivity contribution in [1.29, 1.82) is 0 Å². The Kier molecular flexibility index (Phi) is 6.58. The van der Waals surface area contributed by atoms with Gasteiger partial charge in [0, 0.05) is 22.8 Å². The van der Waals surface area contributed by atoms with Crippen molar-refractivity contribution < 1.29 is 18.3 Å². The number of carbonyl (C=O) groups is 1. The molecule has 0 aliphatic carbocycles. The minimum atomic E-state index is -3.77. The number of halogens is 1. The highest BCUT2D eigenvalue weighted by Crippen LogP contribution is 2.31. The summed E-state index contributed by atoms with van der Waals surface area (Å²) in [6.45, 7) is 2.04. The fraction of sp³-hybridized carbons (Fsp3) is 0.0833. The van der Waals surface area contributed by atoms with Gasteiger partial charge in [-0.2, -0.15) is 5.10 Å². The number of para-hydroxylation sites is 1. The molecule has 0 unspecified atom stereocenters. The van der Waals surface area contributed by atoms with Crippen LogP contribution in [-0.2, 0) is 10.0 Å². The number of hydrogen-bond acceptors (Lipinski definition) is 5. The van der Waals surface area contributed by atoms with Crippen LogP contribution in [0.5, 0.6) is 5.75 Å². The van der Waals surface area contributed by atoms with Gasteiger partial charge in [0.2, 0.25) is 0 Å². The Bertz CT molecular complexity index is 1420. The first-order valence-corrected chi connectivity index (χ1v) is 12.1.